The first-order valence-electron chi connectivity index (χ1n) is 10.5. The van der Waals surface area contributed by atoms with E-state index in [-0.39, 0.29) is 12.5 Å². The van der Waals surface area contributed by atoms with Gasteiger partial charge in [-0.1, -0.05) is 13.8 Å². The molecule has 32 heavy (non-hydrogen) atoms. The lowest BCUT2D eigenvalue weighted by Gasteiger charge is -2.29. The summed E-state index contributed by atoms with van der Waals surface area (Å²) in [4.78, 5) is 27.5. The maximum atomic E-state index is 13.1. The molecule has 172 valence electrons. The maximum absolute atomic E-state index is 13.1. The molecule has 0 aromatic heterocycles. The molecule has 2 N–H and O–H groups in total. The highest BCUT2D eigenvalue weighted by molar-refractivity contribution is 6.02. The number of carbonyl (C=O) groups excluding carboxylic acids is 2. The van der Waals surface area contributed by atoms with E-state index >= 15 is 0 Å². The molecular weight excluding hydrogens is 410 g/mol. The minimum absolute atomic E-state index is 0.0232. The van der Waals surface area contributed by atoms with Crippen LogP contribution in [0.3, 0.4) is 0 Å². The number of amides is 3. The third-order valence-electron chi connectivity index (χ3n) is 5.13. The number of hydrogen-bond donors (Lipinski definition) is 2. The molecule has 0 aliphatic carbocycles. The van der Waals surface area contributed by atoms with Crippen LogP contribution in [0.4, 0.5) is 21.9 Å². The predicted molar refractivity (Wildman–Crippen MR) is 125 cm³/mol. The highest BCUT2D eigenvalue weighted by Crippen LogP contribution is 2.38. The van der Waals surface area contributed by atoms with Crippen LogP contribution in [-0.4, -0.2) is 39.3 Å². The molecule has 3 rings (SSSR count). The third-order valence-corrected chi connectivity index (χ3v) is 5.13. The van der Waals surface area contributed by atoms with Crippen LogP contribution >= 0.6 is 0 Å². The molecule has 0 saturated heterocycles. The van der Waals surface area contributed by atoms with E-state index in [1.54, 1.807) is 48.4 Å². The number of hydrogen-bond acceptors (Lipinski definition) is 5. The molecule has 1 heterocycles. The highest BCUT2D eigenvalue weighted by atomic mass is 16.5. The molecular formula is C24H31N3O5. The van der Waals surface area contributed by atoms with Gasteiger partial charge in [-0.25, -0.2) is 4.79 Å². The first-order chi connectivity index (χ1) is 15.1. The summed E-state index contributed by atoms with van der Waals surface area (Å²) in [6.07, 6.45) is 0. The van der Waals surface area contributed by atoms with Gasteiger partial charge in [-0.05, 0) is 44.0 Å². The molecule has 2 aromatic rings. The first kappa shape index (κ1) is 23.2. The fraction of sp³-hybridized carbons (Fsp3) is 0.417. The number of urea groups is 1. The van der Waals surface area contributed by atoms with Crippen molar-refractivity contribution in [1.82, 2.24) is 0 Å². The Bertz CT molecular complexity index is 1000. The van der Waals surface area contributed by atoms with Crippen molar-refractivity contribution >= 4 is 29.0 Å². The van der Waals surface area contributed by atoms with Crippen LogP contribution in [0.25, 0.3) is 0 Å². The molecule has 0 bridgehead atoms. The van der Waals surface area contributed by atoms with Gasteiger partial charge in [0.2, 0.25) is 5.91 Å². The molecule has 1 aliphatic rings. The fourth-order valence-corrected chi connectivity index (χ4v) is 3.46. The van der Waals surface area contributed by atoms with Gasteiger partial charge in [0.15, 0.2) is 0 Å². The zero-order valence-electron chi connectivity index (χ0n) is 19.4. The minimum Gasteiger partial charge on any atom is -0.497 e. The standard InChI is InChI=1S/C24H31N3O5/c1-15(2)13-27-19-10-7-16(11-21(19)32-14-24(3,4)22(27)28)25-23(29)26-18-9-8-17(30-5)12-20(18)31-6/h7-12,15H,13-14H2,1-6H3,(H2,25,26,29). The van der Waals surface area contributed by atoms with Crippen molar-refractivity contribution in [2.75, 3.05) is 42.9 Å². The SMILES string of the molecule is COc1ccc(NC(=O)Nc2ccc3c(c2)OCC(C)(C)C(=O)N3CC(C)C)c(OC)c1. The Balaban J connectivity index is 1.81. The number of methoxy groups -OCH3 is 2. The lowest BCUT2D eigenvalue weighted by atomic mass is 9.92. The molecule has 8 nitrogen and oxygen atoms in total. The number of benzene rings is 2. The minimum atomic E-state index is -0.649. The van der Waals surface area contributed by atoms with Crippen LogP contribution < -0.4 is 29.7 Å². The summed E-state index contributed by atoms with van der Waals surface area (Å²) < 4.78 is 16.5. The Morgan fingerprint density at radius 3 is 2.53 bits per heavy atom. The number of ether oxygens (including phenoxy) is 3. The Morgan fingerprint density at radius 1 is 1.12 bits per heavy atom. The van der Waals surface area contributed by atoms with E-state index < -0.39 is 11.4 Å². The molecule has 0 unspecified atom stereocenters. The quantitative estimate of drug-likeness (QED) is 0.675. The van der Waals surface area contributed by atoms with Gasteiger partial charge in [-0.2, -0.15) is 0 Å². The highest BCUT2D eigenvalue weighted by Gasteiger charge is 2.38. The van der Waals surface area contributed by atoms with E-state index in [0.29, 0.717) is 46.8 Å². The first-order valence-corrected chi connectivity index (χ1v) is 10.5. The van der Waals surface area contributed by atoms with E-state index in [2.05, 4.69) is 24.5 Å². The molecule has 1 aliphatic heterocycles. The molecule has 8 heteroatoms. The molecule has 0 fully saturated rings. The van der Waals surface area contributed by atoms with Crippen molar-refractivity contribution in [3.8, 4) is 17.2 Å². The van der Waals surface area contributed by atoms with Crippen LogP contribution in [-0.2, 0) is 4.79 Å². The second kappa shape index (κ2) is 9.38. The van der Waals surface area contributed by atoms with Crippen molar-refractivity contribution in [2.24, 2.45) is 11.3 Å². The van der Waals surface area contributed by atoms with Gasteiger partial charge >= 0.3 is 6.03 Å². The molecule has 0 spiro atoms. The molecule has 2 aromatic carbocycles. The van der Waals surface area contributed by atoms with Crippen LogP contribution in [0.5, 0.6) is 17.2 Å². The summed E-state index contributed by atoms with van der Waals surface area (Å²) in [6, 6.07) is 9.99. The van der Waals surface area contributed by atoms with Crippen molar-refractivity contribution in [2.45, 2.75) is 27.7 Å². The lowest BCUT2D eigenvalue weighted by Crippen LogP contribution is -2.43. The average Bonchev–Trinajstić information content (AvgIpc) is 2.84. The van der Waals surface area contributed by atoms with Gasteiger partial charge in [0.05, 0.1) is 31.0 Å². The number of anilines is 3. The molecule has 0 saturated carbocycles. The third kappa shape index (κ3) is 5.07. The largest absolute Gasteiger partial charge is 0.497 e. The van der Waals surface area contributed by atoms with Gasteiger partial charge in [0.1, 0.15) is 23.9 Å². The summed E-state index contributed by atoms with van der Waals surface area (Å²) in [7, 11) is 3.08. The van der Waals surface area contributed by atoms with Gasteiger partial charge in [0.25, 0.3) is 0 Å². The molecule has 3 amide bonds. The number of nitrogens with zero attached hydrogens (tertiary/aromatic N) is 1. The van der Waals surface area contributed by atoms with E-state index in [4.69, 9.17) is 14.2 Å². The monoisotopic (exact) mass is 441 g/mol. The summed E-state index contributed by atoms with van der Waals surface area (Å²) in [5.41, 5.74) is 1.11. The Morgan fingerprint density at radius 2 is 1.88 bits per heavy atom. The van der Waals surface area contributed by atoms with Crippen molar-refractivity contribution < 1.29 is 23.8 Å². The van der Waals surface area contributed by atoms with Crippen molar-refractivity contribution in [1.29, 1.82) is 0 Å². The molecule has 0 atom stereocenters. The normalized spacial score (nSPS) is 14.8. The van der Waals surface area contributed by atoms with E-state index in [1.165, 1.54) is 7.11 Å². The summed E-state index contributed by atoms with van der Waals surface area (Å²) in [5, 5.41) is 5.58. The van der Waals surface area contributed by atoms with Crippen LogP contribution in [0.2, 0.25) is 0 Å². The van der Waals surface area contributed by atoms with E-state index in [0.717, 1.165) is 0 Å². The van der Waals surface area contributed by atoms with Crippen LogP contribution in [0.15, 0.2) is 36.4 Å². The summed E-state index contributed by atoms with van der Waals surface area (Å²) in [6.45, 7) is 8.74. The van der Waals surface area contributed by atoms with Crippen LogP contribution in [0, 0.1) is 11.3 Å². The molecule has 0 radical (unpaired) electrons. The van der Waals surface area contributed by atoms with Gasteiger partial charge in [-0.15, -0.1) is 0 Å². The number of carbonyl (C=O) groups is 2. The number of nitrogens with one attached hydrogen (secondary N) is 2. The second-order valence-electron chi connectivity index (χ2n) is 8.81. The Kier molecular flexibility index (Phi) is 6.81. The fourth-order valence-electron chi connectivity index (χ4n) is 3.46. The van der Waals surface area contributed by atoms with Crippen LogP contribution in [0.1, 0.15) is 27.7 Å². The lowest BCUT2D eigenvalue weighted by molar-refractivity contribution is -0.127. The number of fused-ring (bicyclic) bond motifs is 1. The predicted octanol–water partition coefficient (Wildman–Crippen LogP) is 4.76. The Labute approximate surface area is 188 Å². The van der Waals surface area contributed by atoms with E-state index in [9.17, 15) is 9.59 Å². The van der Waals surface area contributed by atoms with E-state index in [1.807, 2.05) is 13.8 Å². The van der Waals surface area contributed by atoms with Gasteiger partial charge in [0, 0.05) is 24.4 Å². The summed E-state index contributed by atoms with van der Waals surface area (Å²) >= 11 is 0. The summed E-state index contributed by atoms with van der Waals surface area (Å²) in [5.74, 6) is 1.98. The topological polar surface area (TPSA) is 89.1 Å². The zero-order chi connectivity index (χ0) is 23.5. The van der Waals surface area contributed by atoms with Gasteiger partial charge < -0.3 is 29.7 Å². The smallest absolute Gasteiger partial charge is 0.323 e. The zero-order valence-corrected chi connectivity index (χ0v) is 19.4. The number of rotatable bonds is 6. The second-order valence-corrected chi connectivity index (χ2v) is 8.81. The van der Waals surface area contributed by atoms with Crippen molar-refractivity contribution in [3.05, 3.63) is 36.4 Å². The average molecular weight is 442 g/mol. The maximum Gasteiger partial charge on any atom is 0.323 e. The van der Waals surface area contributed by atoms with Gasteiger partial charge in [-0.3, -0.25) is 4.79 Å². The van der Waals surface area contributed by atoms with Crippen molar-refractivity contribution in [3.63, 3.8) is 0 Å². The Hall–Kier alpha value is -3.42.